The number of benzene rings is 1. The molecule has 0 bridgehead atoms. The number of nitrogens with one attached hydrogen (secondary N) is 1. The molecule has 4 nitrogen and oxygen atoms in total. The summed E-state index contributed by atoms with van der Waals surface area (Å²) in [5.74, 6) is -0.573. The predicted molar refractivity (Wildman–Crippen MR) is 78.9 cm³/mol. The molecule has 1 atom stereocenters. The Bertz CT molecular complexity index is 649. The van der Waals surface area contributed by atoms with Crippen molar-refractivity contribution in [2.24, 2.45) is 0 Å². The number of hydrogen-bond acceptors (Lipinski definition) is 3. The molecule has 1 amide bonds. The fourth-order valence-electron chi connectivity index (χ4n) is 1.93. The molecule has 0 aliphatic rings. The van der Waals surface area contributed by atoms with Crippen LogP contribution in [0.15, 0.2) is 22.7 Å². The maximum Gasteiger partial charge on any atom is 0.257 e. The summed E-state index contributed by atoms with van der Waals surface area (Å²) in [7, 11) is 0. The Morgan fingerprint density at radius 2 is 2.24 bits per heavy atom. The van der Waals surface area contributed by atoms with Crippen molar-refractivity contribution in [3.05, 3.63) is 40.4 Å². The monoisotopic (exact) mass is 310 g/mol. The lowest BCUT2D eigenvalue weighted by molar-refractivity contribution is 0.0938. The maximum atomic E-state index is 14.0. The Hall–Kier alpha value is -1.88. The van der Waals surface area contributed by atoms with Crippen molar-refractivity contribution in [1.29, 1.82) is 0 Å². The molecule has 1 unspecified atom stereocenters. The van der Waals surface area contributed by atoms with E-state index in [4.69, 9.17) is 16.1 Å². The van der Waals surface area contributed by atoms with E-state index in [1.165, 1.54) is 12.1 Å². The van der Waals surface area contributed by atoms with E-state index in [2.05, 4.69) is 10.5 Å². The number of carbonyl (C=O) groups is 1. The molecule has 0 aliphatic carbocycles. The number of aromatic nitrogens is 1. The van der Waals surface area contributed by atoms with E-state index in [0.29, 0.717) is 5.76 Å². The van der Waals surface area contributed by atoms with E-state index in [0.717, 1.165) is 6.42 Å². The molecule has 1 heterocycles. The molecule has 0 fully saturated rings. The second kappa shape index (κ2) is 6.26. The molecule has 6 heteroatoms. The molecule has 2 rings (SSSR count). The zero-order valence-electron chi connectivity index (χ0n) is 12.0. The van der Waals surface area contributed by atoms with Crippen molar-refractivity contribution in [3.8, 4) is 11.3 Å². The first-order valence-corrected chi connectivity index (χ1v) is 7.05. The Kier molecular flexibility index (Phi) is 4.63. The van der Waals surface area contributed by atoms with E-state index in [1.807, 2.05) is 13.8 Å². The molecule has 0 saturated carbocycles. The van der Waals surface area contributed by atoms with Crippen LogP contribution in [0.1, 0.15) is 36.4 Å². The van der Waals surface area contributed by atoms with Gasteiger partial charge < -0.3 is 9.84 Å². The van der Waals surface area contributed by atoms with Crippen LogP contribution < -0.4 is 5.32 Å². The second-order valence-corrected chi connectivity index (χ2v) is 5.25. The molecule has 1 N–H and O–H groups in total. The van der Waals surface area contributed by atoms with E-state index >= 15 is 0 Å². The van der Waals surface area contributed by atoms with Gasteiger partial charge in [-0.1, -0.05) is 29.7 Å². The fraction of sp³-hybridized carbons (Fsp3) is 0.333. The summed E-state index contributed by atoms with van der Waals surface area (Å²) < 4.78 is 19.1. The van der Waals surface area contributed by atoms with Gasteiger partial charge in [-0.3, -0.25) is 4.79 Å². The van der Waals surface area contributed by atoms with Crippen LogP contribution in [0.2, 0.25) is 5.02 Å². The van der Waals surface area contributed by atoms with Crippen LogP contribution in [0.25, 0.3) is 11.3 Å². The van der Waals surface area contributed by atoms with Crippen LogP contribution in [0.3, 0.4) is 0 Å². The van der Waals surface area contributed by atoms with Gasteiger partial charge in [-0.2, -0.15) is 0 Å². The summed E-state index contributed by atoms with van der Waals surface area (Å²) in [6.07, 6.45) is 0.784. The quantitative estimate of drug-likeness (QED) is 0.929. The minimum Gasteiger partial charge on any atom is -0.360 e. The lowest BCUT2D eigenvalue weighted by atomic mass is 10.0. The van der Waals surface area contributed by atoms with Crippen molar-refractivity contribution in [1.82, 2.24) is 10.5 Å². The topological polar surface area (TPSA) is 55.1 Å². The van der Waals surface area contributed by atoms with Crippen LogP contribution in [0.4, 0.5) is 4.39 Å². The summed E-state index contributed by atoms with van der Waals surface area (Å²) >= 11 is 6.03. The Morgan fingerprint density at radius 3 is 2.86 bits per heavy atom. The normalized spacial score (nSPS) is 12.2. The van der Waals surface area contributed by atoms with Gasteiger partial charge >= 0.3 is 0 Å². The van der Waals surface area contributed by atoms with Crippen LogP contribution >= 0.6 is 11.6 Å². The first-order valence-electron chi connectivity index (χ1n) is 6.67. The SMILES string of the molecule is CCC(C)NC(=O)c1c(-c2c(F)cccc2Cl)noc1C. The second-order valence-electron chi connectivity index (χ2n) is 4.84. The minimum atomic E-state index is -0.548. The molecule has 2 aromatic rings. The van der Waals surface area contributed by atoms with Crippen molar-refractivity contribution in [3.63, 3.8) is 0 Å². The molecular formula is C15H16ClFN2O2. The molecule has 1 aromatic heterocycles. The van der Waals surface area contributed by atoms with Gasteiger partial charge in [-0.15, -0.1) is 0 Å². The minimum absolute atomic E-state index is 0.00394. The lowest BCUT2D eigenvalue weighted by Gasteiger charge is -2.11. The summed E-state index contributed by atoms with van der Waals surface area (Å²) in [5, 5.41) is 6.80. The Balaban J connectivity index is 2.50. The number of amides is 1. The maximum absolute atomic E-state index is 14.0. The third kappa shape index (κ3) is 3.08. The number of carbonyl (C=O) groups excluding carboxylic acids is 1. The van der Waals surface area contributed by atoms with Gasteiger partial charge in [0.25, 0.3) is 5.91 Å². The number of aryl methyl sites for hydroxylation is 1. The van der Waals surface area contributed by atoms with Crippen LogP contribution in [-0.2, 0) is 0 Å². The summed E-state index contributed by atoms with van der Waals surface area (Å²) in [4.78, 5) is 12.3. The fourth-order valence-corrected chi connectivity index (χ4v) is 2.18. The van der Waals surface area contributed by atoms with E-state index in [9.17, 15) is 9.18 Å². The standard InChI is InChI=1S/C15H16ClFN2O2/c1-4-8(2)18-15(20)12-9(3)21-19-14(12)13-10(16)6-5-7-11(13)17/h5-8H,4H2,1-3H3,(H,18,20). The van der Waals surface area contributed by atoms with Crippen molar-refractivity contribution in [2.45, 2.75) is 33.2 Å². The Morgan fingerprint density at radius 1 is 1.52 bits per heavy atom. The molecule has 0 aliphatic heterocycles. The van der Waals surface area contributed by atoms with Crippen LogP contribution in [0, 0.1) is 12.7 Å². The molecule has 0 spiro atoms. The van der Waals surface area contributed by atoms with Gasteiger partial charge in [0, 0.05) is 6.04 Å². The molecule has 21 heavy (non-hydrogen) atoms. The van der Waals surface area contributed by atoms with Crippen LogP contribution in [0.5, 0.6) is 0 Å². The van der Waals surface area contributed by atoms with E-state index < -0.39 is 5.82 Å². The zero-order valence-corrected chi connectivity index (χ0v) is 12.8. The highest BCUT2D eigenvalue weighted by Gasteiger charge is 2.25. The predicted octanol–water partition coefficient (Wildman–Crippen LogP) is 3.97. The van der Waals surface area contributed by atoms with Gasteiger partial charge in [0.1, 0.15) is 22.8 Å². The van der Waals surface area contributed by atoms with Gasteiger partial charge in [-0.25, -0.2) is 4.39 Å². The highest BCUT2D eigenvalue weighted by atomic mass is 35.5. The number of nitrogens with zero attached hydrogens (tertiary/aromatic N) is 1. The average molecular weight is 311 g/mol. The summed E-state index contributed by atoms with van der Waals surface area (Å²) in [6, 6.07) is 4.30. The summed E-state index contributed by atoms with van der Waals surface area (Å²) in [6.45, 7) is 5.45. The van der Waals surface area contributed by atoms with Gasteiger partial charge in [0.2, 0.25) is 0 Å². The van der Waals surface area contributed by atoms with E-state index in [-0.39, 0.29) is 33.8 Å². The summed E-state index contributed by atoms with van der Waals surface area (Å²) in [5.41, 5.74) is 0.407. The van der Waals surface area contributed by atoms with Crippen LogP contribution in [-0.4, -0.2) is 17.1 Å². The number of rotatable bonds is 4. The van der Waals surface area contributed by atoms with Crippen molar-refractivity contribution in [2.75, 3.05) is 0 Å². The zero-order chi connectivity index (χ0) is 15.6. The highest BCUT2D eigenvalue weighted by molar-refractivity contribution is 6.33. The molecular weight excluding hydrogens is 295 g/mol. The Labute approximate surface area is 127 Å². The third-order valence-electron chi connectivity index (χ3n) is 3.28. The number of hydrogen-bond donors (Lipinski definition) is 1. The molecule has 0 radical (unpaired) electrons. The van der Waals surface area contributed by atoms with Gasteiger partial charge in [0.15, 0.2) is 0 Å². The van der Waals surface area contributed by atoms with Gasteiger partial charge in [-0.05, 0) is 32.4 Å². The largest absolute Gasteiger partial charge is 0.360 e. The smallest absolute Gasteiger partial charge is 0.257 e. The molecule has 1 aromatic carbocycles. The molecule has 0 saturated heterocycles. The average Bonchev–Trinajstić information content (AvgIpc) is 2.80. The first-order chi connectivity index (χ1) is 9.95. The van der Waals surface area contributed by atoms with Crippen molar-refractivity contribution >= 4 is 17.5 Å². The number of halogens is 2. The van der Waals surface area contributed by atoms with Gasteiger partial charge in [0.05, 0.1) is 10.6 Å². The lowest BCUT2D eigenvalue weighted by Crippen LogP contribution is -2.32. The van der Waals surface area contributed by atoms with E-state index in [1.54, 1.807) is 13.0 Å². The molecule has 112 valence electrons. The highest BCUT2D eigenvalue weighted by Crippen LogP contribution is 2.33. The first kappa shape index (κ1) is 15.5. The van der Waals surface area contributed by atoms with Crippen molar-refractivity contribution < 1.29 is 13.7 Å². The third-order valence-corrected chi connectivity index (χ3v) is 3.59.